The van der Waals surface area contributed by atoms with Gasteiger partial charge in [-0.1, -0.05) is 5.16 Å². The van der Waals surface area contributed by atoms with Gasteiger partial charge in [-0.3, -0.25) is 14.3 Å². The summed E-state index contributed by atoms with van der Waals surface area (Å²) in [5, 5.41) is 3.77. The predicted octanol–water partition coefficient (Wildman–Crippen LogP) is 0.633. The zero-order valence-corrected chi connectivity index (χ0v) is 11.6. The van der Waals surface area contributed by atoms with E-state index < -0.39 is 17.2 Å². The summed E-state index contributed by atoms with van der Waals surface area (Å²) in [4.78, 5) is 37.9. The first kappa shape index (κ1) is 13.3. The number of carbonyl (C=O) groups excluding carboxylic acids is 1. The van der Waals surface area contributed by atoms with E-state index >= 15 is 0 Å². The highest BCUT2D eigenvalue weighted by Crippen LogP contribution is 2.22. The average molecular weight is 307 g/mol. The number of aromatic amines is 1. The van der Waals surface area contributed by atoms with Crippen LogP contribution in [0.15, 0.2) is 32.4 Å². The molecule has 3 aromatic rings. The van der Waals surface area contributed by atoms with Crippen LogP contribution >= 0.6 is 11.3 Å². The van der Waals surface area contributed by atoms with Crippen molar-refractivity contribution in [2.45, 2.75) is 6.61 Å². The molecule has 1 N–H and O–H groups in total. The number of rotatable bonds is 3. The number of nitrogens with one attached hydrogen (secondary N) is 1. The Hall–Kier alpha value is -2.68. The van der Waals surface area contributed by atoms with E-state index in [4.69, 9.17) is 9.26 Å². The van der Waals surface area contributed by atoms with Crippen molar-refractivity contribution in [1.29, 1.82) is 0 Å². The number of thiophene rings is 1. The lowest BCUT2D eigenvalue weighted by atomic mass is 10.3. The highest BCUT2D eigenvalue weighted by atomic mass is 32.1. The Morgan fingerprint density at radius 3 is 3.05 bits per heavy atom. The van der Waals surface area contributed by atoms with Gasteiger partial charge in [-0.25, -0.2) is 9.59 Å². The summed E-state index contributed by atoms with van der Waals surface area (Å²) >= 11 is 1.02. The van der Waals surface area contributed by atoms with Gasteiger partial charge >= 0.3 is 11.7 Å². The maximum atomic E-state index is 11.9. The van der Waals surface area contributed by atoms with Crippen molar-refractivity contribution in [3.63, 3.8) is 0 Å². The molecule has 0 unspecified atom stereocenters. The highest BCUT2D eigenvalue weighted by Gasteiger charge is 2.16. The SMILES string of the molecule is Cn1c(=O)[nH]c(=O)c2cc(C(=O)OCc3ccno3)sc21. The van der Waals surface area contributed by atoms with Gasteiger partial charge in [0, 0.05) is 13.1 Å². The molecule has 0 saturated heterocycles. The zero-order chi connectivity index (χ0) is 15.0. The van der Waals surface area contributed by atoms with E-state index in [0.29, 0.717) is 10.6 Å². The van der Waals surface area contributed by atoms with Crippen LogP contribution in [0.5, 0.6) is 0 Å². The summed E-state index contributed by atoms with van der Waals surface area (Å²) < 4.78 is 11.1. The Balaban J connectivity index is 1.92. The quantitative estimate of drug-likeness (QED) is 0.711. The van der Waals surface area contributed by atoms with Crippen molar-refractivity contribution in [3.8, 4) is 0 Å². The van der Waals surface area contributed by atoms with Crippen LogP contribution < -0.4 is 11.2 Å². The molecule has 108 valence electrons. The van der Waals surface area contributed by atoms with Crippen LogP contribution in [-0.4, -0.2) is 20.7 Å². The first-order chi connectivity index (χ1) is 10.1. The molecule has 0 aromatic carbocycles. The number of aryl methyl sites for hydroxylation is 1. The van der Waals surface area contributed by atoms with Crippen LogP contribution in [-0.2, 0) is 18.4 Å². The standard InChI is InChI=1S/C12H9N3O5S/c1-15-10-7(9(16)14-12(15)18)4-8(21-10)11(17)19-5-6-2-3-13-20-6/h2-4H,5H2,1H3,(H,14,16,18). The van der Waals surface area contributed by atoms with Gasteiger partial charge in [0.05, 0.1) is 11.6 Å². The van der Waals surface area contributed by atoms with Crippen molar-refractivity contribution < 1.29 is 14.1 Å². The second-order valence-corrected chi connectivity index (χ2v) is 5.23. The molecule has 3 aromatic heterocycles. The number of ether oxygens (including phenoxy) is 1. The van der Waals surface area contributed by atoms with Crippen molar-refractivity contribution >= 4 is 27.5 Å². The Kier molecular flexibility index (Phi) is 3.18. The average Bonchev–Trinajstić information content (AvgIpc) is 3.11. The topological polar surface area (TPSA) is 107 Å². The molecule has 0 aliphatic heterocycles. The number of nitrogens with zero attached hydrogens (tertiary/aromatic N) is 2. The molecule has 0 radical (unpaired) electrons. The lowest BCUT2D eigenvalue weighted by Crippen LogP contribution is -2.27. The first-order valence-electron chi connectivity index (χ1n) is 5.86. The maximum absolute atomic E-state index is 11.9. The molecule has 0 atom stereocenters. The van der Waals surface area contributed by atoms with E-state index in [1.54, 1.807) is 6.07 Å². The van der Waals surface area contributed by atoms with Crippen LogP contribution in [0.25, 0.3) is 10.2 Å². The fraction of sp³-hybridized carbons (Fsp3) is 0.167. The van der Waals surface area contributed by atoms with E-state index in [1.807, 2.05) is 0 Å². The van der Waals surface area contributed by atoms with Crippen LogP contribution in [0.1, 0.15) is 15.4 Å². The van der Waals surface area contributed by atoms with Gasteiger partial charge in [0.1, 0.15) is 9.71 Å². The third-order valence-electron chi connectivity index (χ3n) is 2.82. The Labute approximate surface area is 120 Å². The fourth-order valence-corrected chi connectivity index (χ4v) is 2.77. The highest BCUT2D eigenvalue weighted by molar-refractivity contribution is 7.20. The Morgan fingerprint density at radius 2 is 2.33 bits per heavy atom. The molecule has 8 nitrogen and oxygen atoms in total. The molecule has 3 heterocycles. The van der Waals surface area contributed by atoms with Crippen molar-refractivity contribution in [2.75, 3.05) is 0 Å². The summed E-state index contributed by atoms with van der Waals surface area (Å²) in [6, 6.07) is 2.98. The fourth-order valence-electron chi connectivity index (χ4n) is 1.76. The molecule has 0 saturated carbocycles. The number of carbonyl (C=O) groups is 1. The van der Waals surface area contributed by atoms with Crippen LogP contribution in [0.2, 0.25) is 0 Å². The minimum absolute atomic E-state index is 0.0532. The summed E-state index contributed by atoms with van der Waals surface area (Å²) in [6.45, 7) is -0.0532. The number of hydrogen-bond acceptors (Lipinski definition) is 7. The first-order valence-corrected chi connectivity index (χ1v) is 6.67. The van der Waals surface area contributed by atoms with E-state index in [1.165, 1.54) is 23.9 Å². The van der Waals surface area contributed by atoms with E-state index in [0.717, 1.165) is 11.3 Å². The smallest absolute Gasteiger partial charge is 0.348 e. The molecule has 0 bridgehead atoms. The van der Waals surface area contributed by atoms with Gasteiger partial charge in [-0.05, 0) is 6.07 Å². The summed E-state index contributed by atoms with van der Waals surface area (Å²) in [7, 11) is 1.51. The minimum atomic E-state index is -0.598. The normalized spacial score (nSPS) is 10.9. The van der Waals surface area contributed by atoms with Crippen LogP contribution in [0, 0.1) is 0 Å². The third kappa shape index (κ3) is 2.38. The Bertz CT molecular complexity index is 919. The summed E-state index contributed by atoms with van der Waals surface area (Å²) in [5.74, 6) is -0.186. The maximum Gasteiger partial charge on any atom is 0.348 e. The second kappa shape index (κ2) is 5.02. The van der Waals surface area contributed by atoms with Crippen LogP contribution in [0.4, 0.5) is 0 Å². The van der Waals surface area contributed by atoms with Crippen molar-refractivity contribution in [2.24, 2.45) is 7.05 Å². The van der Waals surface area contributed by atoms with Gasteiger partial charge in [0.15, 0.2) is 12.4 Å². The second-order valence-electron chi connectivity index (χ2n) is 4.20. The predicted molar refractivity (Wildman–Crippen MR) is 73.3 cm³/mol. The van der Waals surface area contributed by atoms with E-state index in [-0.39, 0.29) is 16.9 Å². The number of fused-ring (bicyclic) bond motifs is 1. The van der Waals surface area contributed by atoms with Gasteiger partial charge < -0.3 is 9.26 Å². The molecule has 9 heteroatoms. The Morgan fingerprint density at radius 1 is 1.52 bits per heavy atom. The van der Waals surface area contributed by atoms with E-state index in [9.17, 15) is 14.4 Å². The molecular formula is C12H9N3O5S. The van der Waals surface area contributed by atoms with Gasteiger partial charge in [0.25, 0.3) is 5.56 Å². The molecule has 0 spiro atoms. The van der Waals surface area contributed by atoms with Crippen molar-refractivity contribution in [3.05, 3.63) is 49.8 Å². The van der Waals surface area contributed by atoms with Gasteiger partial charge in [0.2, 0.25) is 0 Å². The van der Waals surface area contributed by atoms with Gasteiger partial charge in [-0.15, -0.1) is 11.3 Å². The molecule has 0 fully saturated rings. The van der Waals surface area contributed by atoms with Crippen LogP contribution in [0.3, 0.4) is 0 Å². The summed E-state index contributed by atoms with van der Waals surface area (Å²) in [6.07, 6.45) is 1.44. The van der Waals surface area contributed by atoms with E-state index in [2.05, 4.69) is 10.1 Å². The monoisotopic (exact) mass is 307 g/mol. The molecule has 0 aliphatic carbocycles. The minimum Gasteiger partial charge on any atom is -0.453 e. The zero-order valence-electron chi connectivity index (χ0n) is 10.8. The number of hydrogen-bond donors (Lipinski definition) is 1. The molecule has 0 amide bonds. The molecular weight excluding hydrogens is 298 g/mol. The number of aromatic nitrogens is 3. The molecule has 0 aliphatic rings. The lowest BCUT2D eigenvalue weighted by molar-refractivity contribution is 0.0443. The summed E-state index contributed by atoms with van der Waals surface area (Å²) in [5.41, 5.74) is -1.06. The number of H-pyrrole nitrogens is 1. The lowest BCUT2D eigenvalue weighted by Gasteiger charge is -1.98. The third-order valence-corrected chi connectivity index (χ3v) is 4.02. The molecule has 3 rings (SSSR count). The largest absolute Gasteiger partial charge is 0.453 e. The van der Waals surface area contributed by atoms with Gasteiger partial charge in [-0.2, -0.15) is 0 Å². The molecule has 21 heavy (non-hydrogen) atoms. The van der Waals surface area contributed by atoms with Crippen molar-refractivity contribution in [1.82, 2.24) is 14.7 Å². The number of esters is 1.